The Morgan fingerprint density at radius 1 is 0.932 bits per heavy atom. The summed E-state index contributed by atoms with van der Waals surface area (Å²) in [5, 5.41) is 32.2. The minimum absolute atomic E-state index is 0.0343. The molecule has 0 aliphatic carbocycles. The molecule has 1 aliphatic heterocycles. The van der Waals surface area contributed by atoms with Gasteiger partial charge in [0.25, 0.3) is 0 Å². The first-order valence-electron chi connectivity index (χ1n) is 15.3. The lowest BCUT2D eigenvalue weighted by Gasteiger charge is -2.39. The van der Waals surface area contributed by atoms with E-state index in [0.717, 1.165) is 22.3 Å². The van der Waals surface area contributed by atoms with Crippen molar-refractivity contribution in [1.82, 2.24) is 4.90 Å². The Labute approximate surface area is 259 Å². The van der Waals surface area contributed by atoms with Crippen LogP contribution in [0.5, 0.6) is 0 Å². The third-order valence-corrected chi connectivity index (χ3v) is 8.14. The molecule has 1 saturated heterocycles. The molecule has 4 rings (SSSR count). The summed E-state index contributed by atoms with van der Waals surface area (Å²) in [5.74, 6) is -0.953. The molecule has 0 bridgehead atoms. The average Bonchev–Trinajstić information content (AvgIpc) is 3.04. The van der Waals surface area contributed by atoms with Crippen LogP contribution in [-0.4, -0.2) is 57.8 Å². The van der Waals surface area contributed by atoms with Gasteiger partial charge in [0.05, 0.1) is 24.9 Å². The highest BCUT2D eigenvalue weighted by molar-refractivity contribution is 5.90. The largest absolute Gasteiger partial charge is 0.481 e. The molecule has 1 heterocycles. The predicted molar refractivity (Wildman–Crippen MR) is 168 cm³/mol. The Bertz CT molecular complexity index is 1330. The number of benzene rings is 3. The average molecular weight is 605 g/mol. The molecule has 44 heavy (non-hydrogen) atoms. The second-order valence-electron chi connectivity index (χ2n) is 11.5. The van der Waals surface area contributed by atoms with Crippen LogP contribution < -0.4 is 5.32 Å². The molecule has 4 N–H and O–H groups in total. The number of aliphatic carboxylic acids is 1. The van der Waals surface area contributed by atoms with Gasteiger partial charge in [-0.25, -0.2) is 0 Å². The van der Waals surface area contributed by atoms with Crippen molar-refractivity contribution >= 4 is 17.6 Å². The number of hydrogen-bond acceptors (Lipinski definition) is 7. The zero-order valence-corrected chi connectivity index (χ0v) is 25.5. The van der Waals surface area contributed by atoms with Crippen LogP contribution in [0.15, 0.2) is 78.9 Å². The number of nitrogens with zero attached hydrogens (tertiary/aromatic N) is 1. The molecule has 5 unspecified atom stereocenters. The zero-order chi connectivity index (χ0) is 31.5. The molecular weight excluding hydrogens is 560 g/mol. The maximum absolute atomic E-state index is 12.5. The maximum Gasteiger partial charge on any atom is 0.303 e. The molecule has 1 amide bonds. The Balaban J connectivity index is 1.45. The number of amides is 1. The van der Waals surface area contributed by atoms with E-state index >= 15 is 0 Å². The van der Waals surface area contributed by atoms with Gasteiger partial charge in [0.1, 0.15) is 0 Å². The van der Waals surface area contributed by atoms with Crippen LogP contribution in [-0.2, 0) is 25.7 Å². The van der Waals surface area contributed by atoms with Crippen LogP contribution in [0.4, 0.5) is 5.69 Å². The standard InChI is InChI=1S/C35H44N2O7/c1-24(34(42)27-10-5-3-6-11-27)37(2)22-30-21-31(26-18-16-25(23-38)17-19-26)44-35(43-30)28-12-9-13-29(20-28)36-32(39)14-7-4-8-15-33(40)41/h3,5-6,9-13,16-20,24,30-31,34-35,38,42H,4,7-8,14-15,21-23H2,1-2H3,(H,36,39)(H,40,41). The minimum atomic E-state index is -0.823. The van der Waals surface area contributed by atoms with Crippen molar-refractivity contribution in [1.29, 1.82) is 0 Å². The molecule has 0 radical (unpaired) electrons. The van der Waals surface area contributed by atoms with E-state index < -0.39 is 18.4 Å². The molecular formula is C35H44N2O7. The molecule has 3 aromatic carbocycles. The predicted octanol–water partition coefficient (Wildman–Crippen LogP) is 5.75. The van der Waals surface area contributed by atoms with E-state index in [4.69, 9.17) is 14.6 Å². The number of hydrogen-bond donors (Lipinski definition) is 4. The van der Waals surface area contributed by atoms with Crippen LogP contribution in [0, 0.1) is 0 Å². The lowest BCUT2D eigenvalue weighted by Crippen LogP contribution is -2.43. The van der Waals surface area contributed by atoms with Gasteiger partial charge >= 0.3 is 5.97 Å². The van der Waals surface area contributed by atoms with Crippen molar-refractivity contribution in [2.45, 2.75) is 82.7 Å². The number of aliphatic hydroxyl groups excluding tert-OH is 2. The molecule has 3 aromatic rings. The van der Waals surface area contributed by atoms with Crippen molar-refractivity contribution in [2.24, 2.45) is 0 Å². The number of carboxylic acid groups (broad SMARTS) is 1. The highest BCUT2D eigenvalue weighted by Gasteiger charge is 2.34. The van der Waals surface area contributed by atoms with Gasteiger partial charge < -0.3 is 30.1 Å². The van der Waals surface area contributed by atoms with E-state index in [9.17, 15) is 19.8 Å². The van der Waals surface area contributed by atoms with E-state index in [0.29, 0.717) is 44.3 Å². The van der Waals surface area contributed by atoms with Crippen LogP contribution >= 0.6 is 0 Å². The van der Waals surface area contributed by atoms with Crippen LogP contribution in [0.25, 0.3) is 0 Å². The number of rotatable bonds is 15. The third kappa shape index (κ3) is 9.70. The summed E-state index contributed by atoms with van der Waals surface area (Å²) < 4.78 is 13.0. The fourth-order valence-corrected chi connectivity index (χ4v) is 5.42. The molecule has 0 saturated carbocycles. The Kier molecular flexibility index (Phi) is 12.5. The Hall–Kier alpha value is -3.60. The Morgan fingerprint density at radius 2 is 1.66 bits per heavy atom. The molecule has 236 valence electrons. The second kappa shape index (κ2) is 16.5. The number of carboxylic acids is 1. The van der Waals surface area contributed by atoms with Gasteiger partial charge in [-0.05, 0) is 55.6 Å². The summed E-state index contributed by atoms with van der Waals surface area (Å²) in [4.78, 5) is 25.3. The number of carbonyl (C=O) groups is 2. The third-order valence-electron chi connectivity index (χ3n) is 8.14. The molecule has 1 aliphatic rings. The molecule has 0 aromatic heterocycles. The molecule has 9 nitrogen and oxygen atoms in total. The van der Waals surface area contributed by atoms with Gasteiger partial charge in [0.2, 0.25) is 5.91 Å². The van der Waals surface area contributed by atoms with Gasteiger partial charge in [-0.3, -0.25) is 14.5 Å². The SMILES string of the molecule is CC(C(O)c1ccccc1)N(C)CC1CC(c2ccc(CO)cc2)OC(c2cccc(NC(=O)CCCCCC(=O)O)c2)O1. The lowest BCUT2D eigenvalue weighted by atomic mass is 9.98. The fourth-order valence-electron chi connectivity index (χ4n) is 5.42. The van der Waals surface area contributed by atoms with Crippen molar-refractivity contribution in [2.75, 3.05) is 18.9 Å². The summed E-state index contributed by atoms with van der Waals surface area (Å²) >= 11 is 0. The number of likely N-dealkylation sites (N-methyl/N-ethyl adjacent to an activating group) is 1. The lowest BCUT2D eigenvalue weighted by molar-refractivity contribution is -0.253. The van der Waals surface area contributed by atoms with E-state index in [1.54, 1.807) is 0 Å². The van der Waals surface area contributed by atoms with Crippen molar-refractivity contribution in [3.05, 3.63) is 101 Å². The van der Waals surface area contributed by atoms with Crippen LogP contribution in [0.2, 0.25) is 0 Å². The topological polar surface area (TPSA) is 129 Å². The van der Waals surface area contributed by atoms with E-state index in [-0.39, 0.29) is 37.2 Å². The van der Waals surface area contributed by atoms with Crippen molar-refractivity contribution in [3.63, 3.8) is 0 Å². The molecule has 1 fully saturated rings. The van der Waals surface area contributed by atoms with Gasteiger partial charge in [-0.2, -0.15) is 0 Å². The van der Waals surface area contributed by atoms with E-state index in [1.807, 2.05) is 92.8 Å². The normalized spacial score (nSPS) is 19.8. The molecule has 9 heteroatoms. The molecule has 0 spiro atoms. The highest BCUT2D eigenvalue weighted by atomic mass is 16.7. The first-order chi connectivity index (χ1) is 21.2. The summed E-state index contributed by atoms with van der Waals surface area (Å²) in [5.41, 5.74) is 4.06. The number of unbranched alkanes of at least 4 members (excludes halogenated alkanes) is 2. The van der Waals surface area contributed by atoms with Crippen molar-refractivity contribution in [3.8, 4) is 0 Å². The van der Waals surface area contributed by atoms with E-state index in [1.165, 1.54) is 0 Å². The zero-order valence-electron chi connectivity index (χ0n) is 25.5. The number of ether oxygens (including phenoxy) is 2. The van der Waals surface area contributed by atoms with Gasteiger partial charge in [0.15, 0.2) is 6.29 Å². The number of aliphatic hydroxyl groups is 2. The number of carbonyl (C=O) groups excluding carboxylic acids is 1. The maximum atomic E-state index is 12.5. The molecule has 5 atom stereocenters. The monoisotopic (exact) mass is 604 g/mol. The van der Waals surface area contributed by atoms with Gasteiger partial charge in [-0.1, -0.05) is 73.2 Å². The summed E-state index contributed by atoms with van der Waals surface area (Å²) in [7, 11) is 1.98. The van der Waals surface area contributed by atoms with Crippen LogP contribution in [0.3, 0.4) is 0 Å². The first-order valence-corrected chi connectivity index (χ1v) is 15.3. The van der Waals surface area contributed by atoms with Gasteiger partial charge in [0, 0.05) is 43.1 Å². The van der Waals surface area contributed by atoms with Crippen molar-refractivity contribution < 1.29 is 34.4 Å². The smallest absolute Gasteiger partial charge is 0.303 e. The van der Waals surface area contributed by atoms with Crippen LogP contribution in [0.1, 0.15) is 86.2 Å². The minimum Gasteiger partial charge on any atom is -0.481 e. The van der Waals surface area contributed by atoms with E-state index in [2.05, 4.69) is 10.2 Å². The summed E-state index contributed by atoms with van der Waals surface area (Å²) in [6, 6.07) is 24.6. The fraction of sp³-hybridized carbons (Fsp3) is 0.429. The summed E-state index contributed by atoms with van der Waals surface area (Å²) in [6.45, 7) is 2.53. The summed E-state index contributed by atoms with van der Waals surface area (Å²) in [6.07, 6.45) is 1.06. The first kappa shape index (κ1) is 33.3. The van der Waals surface area contributed by atoms with Gasteiger partial charge in [-0.15, -0.1) is 0 Å². The number of nitrogens with one attached hydrogen (secondary N) is 1. The number of anilines is 1. The quantitative estimate of drug-likeness (QED) is 0.162. The Morgan fingerprint density at radius 3 is 2.36 bits per heavy atom. The second-order valence-corrected chi connectivity index (χ2v) is 11.5. The highest BCUT2D eigenvalue weighted by Crippen LogP contribution is 2.39.